The molecule has 1 aromatic heterocycles. The lowest BCUT2D eigenvalue weighted by atomic mass is 10.2. The molecule has 2 aromatic carbocycles. The largest absolute Gasteiger partial charge is 0.297 e. The molecular formula is C15H13N3O4S. The minimum Gasteiger partial charge on any atom is -0.258 e. The fourth-order valence-corrected chi connectivity index (χ4v) is 3.93. The SMILES string of the molecule is Cc1ccc(S(=O)(=O)n2c(C)nc3c([N+](=O)[O-])cccc32)cc1. The molecule has 0 fully saturated rings. The predicted octanol–water partition coefficient (Wildman–Crippen LogP) is 2.80. The number of para-hydroxylation sites is 1. The molecule has 0 bridgehead atoms. The van der Waals surface area contributed by atoms with Crippen molar-refractivity contribution in [2.24, 2.45) is 0 Å². The number of hydrogen-bond donors (Lipinski definition) is 0. The average molecular weight is 331 g/mol. The Morgan fingerprint density at radius 3 is 2.35 bits per heavy atom. The van der Waals surface area contributed by atoms with E-state index in [2.05, 4.69) is 4.98 Å². The van der Waals surface area contributed by atoms with E-state index in [4.69, 9.17) is 0 Å². The molecule has 23 heavy (non-hydrogen) atoms. The van der Waals surface area contributed by atoms with Gasteiger partial charge in [-0.2, -0.15) is 0 Å². The predicted molar refractivity (Wildman–Crippen MR) is 84.9 cm³/mol. The summed E-state index contributed by atoms with van der Waals surface area (Å²) in [5.74, 6) is 0.176. The Hall–Kier alpha value is -2.74. The van der Waals surface area contributed by atoms with Gasteiger partial charge < -0.3 is 0 Å². The second-order valence-corrected chi connectivity index (χ2v) is 6.93. The molecule has 0 aliphatic rings. The van der Waals surface area contributed by atoms with Crippen LogP contribution in [-0.4, -0.2) is 22.3 Å². The molecule has 7 nitrogen and oxygen atoms in total. The Morgan fingerprint density at radius 1 is 1.09 bits per heavy atom. The van der Waals surface area contributed by atoms with Crippen LogP contribution < -0.4 is 0 Å². The van der Waals surface area contributed by atoms with Crippen LogP contribution in [0.2, 0.25) is 0 Å². The third kappa shape index (κ3) is 2.36. The molecule has 0 unspecified atom stereocenters. The highest BCUT2D eigenvalue weighted by atomic mass is 32.2. The number of fused-ring (bicyclic) bond motifs is 1. The minimum absolute atomic E-state index is 0.0608. The van der Waals surface area contributed by atoms with E-state index in [0.29, 0.717) is 0 Å². The molecule has 1 heterocycles. The van der Waals surface area contributed by atoms with Crippen molar-refractivity contribution in [3.05, 3.63) is 64.0 Å². The van der Waals surface area contributed by atoms with E-state index >= 15 is 0 Å². The number of nitro benzene ring substituents is 1. The van der Waals surface area contributed by atoms with E-state index in [1.165, 1.54) is 37.3 Å². The maximum atomic E-state index is 12.9. The van der Waals surface area contributed by atoms with Crippen molar-refractivity contribution in [3.8, 4) is 0 Å². The molecule has 3 rings (SSSR count). The van der Waals surface area contributed by atoms with Crippen LogP contribution in [0.1, 0.15) is 11.4 Å². The first-order chi connectivity index (χ1) is 10.8. The van der Waals surface area contributed by atoms with Crippen LogP contribution in [0.15, 0.2) is 47.4 Å². The van der Waals surface area contributed by atoms with E-state index in [1.54, 1.807) is 12.1 Å². The van der Waals surface area contributed by atoms with Crippen molar-refractivity contribution in [1.82, 2.24) is 8.96 Å². The Kier molecular flexibility index (Phi) is 3.41. The van der Waals surface area contributed by atoms with Crippen LogP contribution in [0, 0.1) is 24.0 Å². The molecular weight excluding hydrogens is 318 g/mol. The van der Waals surface area contributed by atoms with Crippen LogP contribution in [-0.2, 0) is 10.0 Å². The second-order valence-electron chi connectivity index (χ2n) is 5.14. The lowest BCUT2D eigenvalue weighted by molar-refractivity contribution is -0.383. The zero-order chi connectivity index (χ0) is 16.8. The van der Waals surface area contributed by atoms with Gasteiger partial charge in [-0.3, -0.25) is 10.1 Å². The van der Waals surface area contributed by atoms with Crippen LogP contribution in [0.5, 0.6) is 0 Å². The molecule has 0 amide bonds. The maximum absolute atomic E-state index is 12.9. The van der Waals surface area contributed by atoms with E-state index in [9.17, 15) is 18.5 Å². The Labute approximate surface area is 132 Å². The summed E-state index contributed by atoms with van der Waals surface area (Å²) in [6.07, 6.45) is 0. The van der Waals surface area contributed by atoms with Crippen LogP contribution in [0.4, 0.5) is 5.69 Å². The van der Waals surface area contributed by atoms with Crippen molar-refractivity contribution < 1.29 is 13.3 Å². The summed E-state index contributed by atoms with van der Waals surface area (Å²) in [6.45, 7) is 3.37. The summed E-state index contributed by atoms with van der Waals surface area (Å²) in [6, 6.07) is 10.7. The monoisotopic (exact) mass is 331 g/mol. The summed E-state index contributed by atoms with van der Waals surface area (Å²) in [5.41, 5.74) is 0.971. The maximum Gasteiger partial charge on any atom is 0.297 e. The number of non-ortho nitro benzene ring substituents is 1. The lowest BCUT2D eigenvalue weighted by Crippen LogP contribution is -2.14. The van der Waals surface area contributed by atoms with Crippen molar-refractivity contribution >= 4 is 26.7 Å². The molecule has 8 heteroatoms. The number of aromatic nitrogens is 2. The molecule has 0 saturated carbocycles. The van der Waals surface area contributed by atoms with Crippen molar-refractivity contribution in [3.63, 3.8) is 0 Å². The highest BCUT2D eigenvalue weighted by Gasteiger charge is 2.25. The van der Waals surface area contributed by atoms with E-state index in [1.807, 2.05) is 6.92 Å². The number of aryl methyl sites for hydroxylation is 2. The van der Waals surface area contributed by atoms with Crippen molar-refractivity contribution in [2.75, 3.05) is 0 Å². The van der Waals surface area contributed by atoms with Gasteiger partial charge in [-0.05, 0) is 32.0 Å². The van der Waals surface area contributed by atoms with Gasteiger partial charge in [-0.1, -0.05) is 23.8 Å². The quantitative estimate of drug-likeness (QED) is 0.543. The van der Waals surface area contributed by atoms with Crippen LogP contribution in [0.25, 0.3) is 11.0 Å². The number of imidazole rings is 1. The van der Waals surface area contributed by atoms with E-state index in [0.717, 1.165) is 9.54 Å². The third-order valence-corrected chi connectivity index (χ3v) is 5.35. The summed E-state index contributed by atoms with van der Waals surface area (Å²) < 4.78 is 26.8. The Morgan fingerprint density at radius 2 is 1.74 bits per heavy atom. The molecule has 0 radical (unpaired) electrons. The highest BCUT2D eigenvalue weighted by Crippen LogP contribution is 2.28. The van der Waals surface area contributed by atoms with Gasteiger partial charge >= 0.3 is 0 Å². The number of rotatable bonds is 3. The molecule has 0 saturated heterocycles. The van der Waals surface area contributed by atoms with Crippen LogP contribution in [0.3, 0.4) is 0 Å². The zero-order valence-electron chi connectivity index (χ0n) is 12.4. The Bertz CT molecular complexity index is 1020. The van der Waals surface area contributed by atoms with Gasteiger partial charge in [0, 0.05) is 6.07 Å². The molecule has 0 N–H and O–H groups in total. The first kappa shape index (κ1) is 15.2. The Balaban J connectivity index is 2.32. The summed E-state index contributed by atoms with van der Waals surface area (Å²) in [5, 5.41) is 11.1. The first-order valence-electron chi connectivity index (χ1n) is 6.77. The minimum atomic E-state index is -3.88. The van der Waals surface area contributed by atoms with Crippen molar-refractivity contribution in [2.45, 2.75) is 18.7 Å². The summed E-state index contributed by atoms with van der Waals surface area (Å²) in [7, 11) is -3.88. The van der Waals surface area contributed by atoms with E-state index < -0.39 is 14.9 Å². The fourth-order valence-electron chi connectivity index (χ4n) is 2.45. The van der Waals surface area contributed by atoms with Gasteiger partial charge in [0.15, 0.2) is 5.52 Å². The van der Waals surface area contributed by atoms with Gasteiger partial charge in [0.25, 0.3) is 15.7 Å². The number of nitro groups is 1. The smallest absolute Gasteiger partial charge is 0.258 e. The molecule has 0 spiro atoms. The lowest BCUT2D eigenvalue weighted by Gasteiger charge is -2.08. The normalized spacial score (nSPS) is 11.7. The second kappa shape index (κ2) is 5.17. The fraction of sp³-hybridized carbons (Fsp3) is 0.133. The van der Waals surface area contributed by atoms with Crippen molar-refractivity contribution in [1.29, 1.82) is 0 Å². The van der Waals surface area contributed by atoms with E-state index in [-0.39, 0.29) is 27.4 Å². The topological polar surface area (TPSA) is 95.1 Å². The third-order valence-electron chi connectivity index (χ3n) is 3.54. The summed E-state index contributed by atoms with van der Waals surface area (Å²) in [4.78, 5) is 14.7. The standard InChI is InChI=1S/C15H13N3O4S/c1-10-6-8-12(9-7-10)23(21,22)17-11(2)16-15-13(17)4-3-5-14(15)18(19)20/h3-9H,1-2H3. The molecule has 0 aliphatic heterocycles. The molecule has 0 atom stereocenters. The summed E-state index contributed by atoms with van der Waals surface area (Å²) >= 11 is 0. The zero-order valence-corrected chi connectivity index (χ0v) is 13.2. The van der Waals surface area contributed by atoms with Gasteiger partial charge in [-0.25, -0.2) is 17.4 Å². The number of hydrogen-bond acceptors (Lipinski definition) is 5. The average Bonchev–Trinajstić information content (AvgIpc) is 2.83. The van der Waals surface area contributed by atoms with Gasteiger partial charge in [0.05, 0.1) is 15.3 Å². The van der Waals surface area contributed by atoms with Gasteiger partial charge in [-0.15, -0.1) is 0 Å². The number of nitrogens with zero attached hydrogens (tertiary/aromatic N) is 3. The van der Waals surface area contributed by atoms with Gasteiger partial charge in [0.1, 0.15) is 5.82 Å². The highest BCUT2D eigenvalue weighted by molar-refractivity contribution is 7.90. The first-order valence-corrected chi connectivity index (χ1v) is 8.21. The molecule has 118 valence electrons. The van der Waals surface area contributed by atoms with Crippen LogP contribution >= 0.6 is 0 Å². The number of benzene rings is 2. The molecule has 0 aliphatic carbocycles. The molecule has 3 aromatic rings. The van der Waals surface area contributed by atoms with Gasteiger partial charge in [0.2, 0.25) is 0 Å².